The number of aromatic nitrogens is 1. The van der Waals surface area contributed by atoms with Crippen LogP contribution in [0.4, 0.5) is 5.69 Å². The Labute approximate surface area is 98.2 Å². The van der Waals surface area contributed by atoms with Crippen molar-refractivity contribution in [2.24, 2.45) is 0 Å². The van der Waals surface area contributed by atoms with E-state index >= 15 is 0 Å². The normalized spacial score (nSPS) is 10.5. The Morgan fingerprint density at radius 3 is 2.88 bits per heavy atom. The summed E-state index contributed by atoms with van der Waals surface area (Å²) in [5, 5.41) is 3.37. The van der Waals surface area contributed by atoms with Crippen LogP contribution < -0.4 is 10.1 Å². The third kappa shape index (κ3) is 4.51. The molecule has 1 aromatic rings. The summed E-state index contributed by atoms with van der Waals surface area (Å²) in [6.07, 6.45) is 5.60. The van der Waals surface area contributed by atoms with Crippen LogP contribution in [0.15, 0.2) is 18.3 Å². The summed E-state index contributed by atoms with van der Waals surface area (Å²) in [6, 6.07) is 3.94. The van der Waals surface area contributed by atoms with E-state index in [2.05, 4.69) is 17.2 Å². The van der Waals surface area contributed by atoms with Gasteiger partial charge in [-0.1, -0.05) is 19.8 Å². The molecule has 0 unspecified atom stereocenters. The van der Waals surface area contributed by atoms with Crippen LogP contribution in [-0.4, -0.2) is 17.6 Å². The lowest BCUT2D eigenvalue weighted by molar-refractivity contribution is 0.234. The lowest BCUT2D eigenvalue weighted by Gasteiger charge is -2.13. The van der Waals surface area contributed by atoms with Crippen LogP contribution >= 0.6 is 0 Å². The van der Waals surface area contributed by atoms with Gasteiger partial charge in [0.2, 0.25) is 5.88 Å². The zero-order chi connectivity index (χ0) is 11.8. The van der Waals surface area contributed by atoms with E-state index in [4.69, 9.17) is 4.74 Å². The second kappa shape index (κ2) is 7.09. The first-order chi connectivity index (χ1) is 7.74. The molecule has 0 atom stereocenters. The standard InChI is InChI=1S/C13H22N2O/c1-4-5-6-9-14-12-8-7-10-15-13(12)16-11(2)3/h7-8,10-11,14H,4-6,9H2,1-3H3. The van der Waals surface area contributed by atoms with Gasteiger partial charge >= 0.3 is 0 Å². The molecule has 3 heteroatoms. The first kappa shape index (κ1) is 12.8. The highest BCUT2D eigenvalue weighted by Crippen LogP contribution is 2.21. The Bertz CT molecular complexity index is 300. The van der Waals surface area contributed by atoms with Crippen molar-refractivity contribution in [3.8, 4) is 5.88 Å². The smallest absolute Gasteiger partial charge is 0.237 e. The maximum atomic E-state index is 5.63. The SMILES string of the molecule is CCCCCNc1cccnc1OC(C)C. The molecule has 0 amide bonds. The van der Waals surface area contributed by atoms with Crippen molar-refractivity contribution in [3.05, 3.63) is 18.3 Å². The molecular formula is C13H22N2O. The number of nitrogens with one attached hydrogen (secondary N) is 1. The molecule has 0 aliphatic carbocycles. The minimum absolute atomic E-state index is 0.158. The van der Waals surface area contributed by atoms with Gasteiger partial charge in [-0.2, -0.15) is 0 Å². The lowest BCUT2D eigenvalue weighted by atomic mass is 10.2. The number of unbranched alkanes of at least 4 members (excludes halogenated alkanes) is 2. The quantitative estimate of drug-likeness (QED) is 0.717. The molecule has 90 valence electrons. The van der Waals surface area contributed by atoms with Gasteiger partial charge in [0.05, 0.1) is 11.8 Å². The van der Waals surface area contributed by atoms with Crippen molar-refractivity contribution in [1.82, 2.24) is 4.98 Å². The third-order valence-electron chi connectivity index (χ3n) is 2.21. The van der Waals surface area contributed by atoms with Gasteiger partial charge in [0.15, 0.2) is 0 Å². The number of ether oxygens (including phenoxy) is 1. The highest BCUT2D eigenvalue weighted by Gasteiger charge is 2.05. The monoisotopic (exact) mass is 222 g/mol. The Kier molecular flexibility index (Phi) is 5.68. The van der Waals surface area contributed by atoms with Gasteiger partial charge in [-0.15, -0.1) is 0 Å². The summed E-state index contributed by atoms with van der Waals surface area (Å²) < 4.78 is 5.63. The molecule has 0 bridgehead atoms. The van der Waals surface area contributed by atoms with Crippen molar-refractivity contribution in [3.63, 3.8) is 0 Å². The molecule has 1 heterocycles. The molecule has 1 aromatic heterocycles. The highest BCUT2D eigenvalue weighted by molar-refractivity contribution is 5.51. The molecule has 0 aromatic carbocycles. The fourth-order valence-corrected chi connectivity index (χ4v) is 1.44. The maximum absolute atomic E-state index is 5.63. The van der Waals surface area contributed by atoms with Crippen LogP contribution in [0.5, 0.6) is 5.88 Å². The van der Waals surface area contributed by atoms with E-state index in [1.807, 2.05) is 26.0 Å². The molecule has 0 aliphatic rings. The second-order valence-corrected chi connectivity index (χ2v) is 4.16. The number of pyridine rings is 1. The van der Waals surface area contributed by atoms with Gasteiger partial charge in [-0.05, 0) is 32.4 Å². The maximum Gasteiger partial charge on any atom is 0.237 e. The van der Waals surface area contributed by atoms with E-state index in [0.29, 0.717) is 5.88 Å². The molecule has 0 spiro atoms. The largest absolute Gasteiger partial charge is 0.473 e. The minimum atomic E-state index is 0.158. The van der Waals surface area contributed by atoms with Crippen LogP contribution in [-0.2, 0) is 0 Å². The predicted molar refractivity (Wildman–Crippen MR) is 68.0 cm³/mol. The van der Waals surface area contributed by atoms with Crippen LogP contribution in [0.2, 0.25) is 0 Å². The number of hydrogen-bond donors (Lipinski definition) is 1. The zero-order valence-electron chi connectivity index (χ0n) is 10.5. The van der Waals surface area contributed by atoms with Gasteiger partial charge in [0, 0.05) is 12.7 Å². The minimum Gasteiger partial charge on any atom is -0.473 e. The highest BCUT2D eigenvalue weighted by atomic mass is 16.5. The molecule has 0 saturated heterocycles. The topological polar surface area (TPSA) is 34.2 Å². The molecule has 1 rings (SSSR count). The van der Waals surface area contributed by atoms with E-state index in [-0.39, 0.29) is 6.10 Å². The van der Waals surface area contributed by atoms with E-state index in [1.165, 1.54) is 19.3 Å². The first-order valence-corrected chi connectivity index (χ1v) is 6.09. The Balaban J connectivity index is 2.50. The molecule has 3 nitrogen and oxygen atoms in total. The van der Waals surface area contributed by atoms with E-state index < -0.39 is 0 Å². The summed E-state index contributed by atoms with van der Waals surface area (Å²) >= 11 is 0. The van der Waals surface area contributed by atoms with Crippen LogP contribution in [0, 0.1) is 0 Å². The van der Waals surface area contributed by atoms with Gasteiger partial charge in [-0.3, -0.25) is 0 Å². The molecule has 0 radical (unpaired) electrons. The van der Waals surface area contributed by atoms with Crippen LogP contribution in [0.1, 0.15) is 40.0 Å². The Morgan fingerprint density at radius 2 is 2.19 bits per heavy atom. The second-order valence-electron chi connectivity index (χ2n) is 4.16. The zero-order valence-corrected chi connectivity index (χ0v) is 10.5. The molecule has 0 aliphatic heterocycles. The van der Waals surface area contributed by atoms with Crippen molar-refractivity contribution < 1.29 is 4.74 Å². The average Bonchev–Trinajstić information content (AvgIpc) is 2.26. The van der Waals surface area contributed by atoms with Crippen molar-refractivity contribution in [2.45, 2.75) is 46.1 Å². The first-order valence-electron chi connectivity index (χ1n) is 6.09. The van der Waals surface area contributed by atoms with Gasteiger partial charge < -0.3 is 10.1 Å². The number of hydrogen-bond acceptors (Lipinski definition) is 3. The van der Waals surface area contributed by atoms with Crippen LogP contribution in [0.25, 0.3) is 0 Å². The van der Waals surface area contributed by atoms with Crippen LogP contribution in [0.3, 0.4) is 0 Å². The molecule has 16 heavy (non-hydrogen) atoms. The lowest BCUT2D eigenvalue weighted by Crippen LogP contribution is -2.10. The molecule has 0 saturated carbocycles. The fourth-order valence-electron chi connectivity index (χ4n) is 1.44. The number of rotatable bonds is 7. The van der Waals surface area contributed by atoms with E-state index in [1.54, 1.807) is 6.20 Å². The summed E-state index contributed by atoms with van der Waals surface area (Å²) in [7, 11) is 0. The summed E-state index contributed by atoms with van der Waals surface area (Å²) in [5.41, 5.74) is 0.993. The summed E-state index contributed by atoms with van der Waals surface area (Å²) in [4.78, 5) is 4.23. The molecule has 1 N–H and O–H groups in total. The number of anilines is 1. The third-order valence-corrected chi connectivity index (χ3v) is 2.21. The summed E-state index contributed by atoms with van der Waals surface area (Å²) in [5.74, 6) is 0.703. The van der Waals surface area contributed by atoms with E-state index in [9.17, 15) is 0 Å². The van der Waals surface area contributed by atoms with Crippen molar-refractivity contribution in [2.75, 3.05) is 11.9 Å². The average molecular weight is 222 g/mol. The van der Waals surface area contributed by atoms with Crippen molar-refractivity contribution >= 4 is 5.69 Å². The molecular weight excluding hydrogens is 200 g/mol. The predicted octanol–water partition coefficient (Wildman–Crippen LogP) is 3.47. The van der Waals surface area contributed by atoms with Gasteiger partial charge in [-0.25, -0.2) is 4.98 Å². The van der Waals surface area contributed by atoms with Gasteiger partial charge in [0.25, 0.3) is 0 Å². The fraction of sp³-hybridized carbons (Fsp3) is 0.615. The van der Waals surface area contributed by atoms with Gasteiger partial charge in [0.1, 0.15) is 0 Å². The Morgan fingerprint density at radius 1 is 1.38 bits per heavy atom. The number of nitrogens with zero attached hydrogens (tertiary/aromatic N) is 1. The summed E-state index contributed by atoms with van der Waals surface area (Å²) in [6.45, 7) is 7.20. The van der Waals surface area contributed by atoms with Crippen molar-refractivity contribution in [1.29, 1.82) is 0 Å². The van der Waals surface area contributed by atoms with E-state index in [0.717, 1.165) is 12.2 Å². The Hall–Kier alpha value is -1.25. The molecule has 0 fully saturated rings.